The summed E-state index contributed by atoms with van der Waals surface area (Å²) in [5, 5.41) is 22.6. The summed E-state index contributed by atoms with van der Waals surface area (Å²) in [6, 6.07) is 17.1. The van der Waals surface area contributed by atoms with E-state index in [4.69, 9.17) is 22.2 Å². The third-order valence-corrected chi connectivity index (χ3v) is 4.64. The molecule has 4 rings (SSSR count). The molecule has 2 aromatic heterocycles. The molecule has 0 spiro atoms. The van der Waals surface area contributed by atoms with Crippen LogP contribution in [-0.4, -0.2) is 36.5 Å². The molecular formula is C23H19N5O2S. The molecule has 3 N–H and O–H groups in total. The van der Waals surface area contributed by atoms with Crippen LogP contribution in [0.1, 0.15) is 13.3 Å². The van der Waals surface area contributed by atoms with Gasteiger partial charge in [-0.1, -0.05) is 6.92 Å². The Morgan fingerprint density at radius 1 is 0.871 bits per heavy atom. The molecule has 7 nitrogen and oxygen atoms in total. The zero-order valence-corrected chi connectivity index (χ0v) is 17.5. The molecule has 0 bridgehead atoms. The van der Waals surface area contributed by atoms with E-state index in [9.17, 15) is 10.2 Å². The van der Waals surface area contributed by atoms with E-state index in [0.29, 0.717) is 33.5 Å². The van der Waals surface area contributed by atoms with Crippen LogP contribution in [0.3, 0.4) is 0 Å². The van der Waals surface area contributed by atoms with Crippen LogP contribution in [0.25, 0.3) is 33.7 Å². The number of aromatic nitrogens is 3. The van der Waals surface area contributed by atoms with Gasteiger partial charge in [0.05, 0.1) is 11.4 Å². The van der Waals surface area contributed by atoms with Crippen LogP contribution >= 0.6 is 12.2 Å². The predicted molar refractivity (Wildman–Crippen MR) is 127 cm³/mol. The summed E-state index contributed by atoms with van der Waals surface area (Å²) in [7, 11) is 0. The minimum Gasteiger partial charge on any atom is -0.508 e. The summed E-state index contributed by atoms with van der Waals surface area (Å²) < 4.78 is 0. The van der Waals surface area contributed by atoms with E-state index in [1.54, 1.807) is 60.8 Å². The minimum absolute atomic E-state index is 0.162. The first kappa shape index (κ1) is 20.4. The van der Waals surface area contributed by atoms with Gasteiger partial charge in [-0.3, -0.25) is 0 Å². The number of benzene rings is 2. The van der Waals surface area contributed by atoms with Crippen LogP contribution in [0, 0.1) is 0 Å². The lowest BCUT2D eigenvalue weighted by molar-refractivity contribution is 0.475. The molecule has 2 aromatic carbocycles. The molecule has 31 heavy (non-hydrogen) atoms. The van der Waals surface area contributed by atoms with Crippen molar-refractivity contribution in [3.63, 3.8) is 0 Å². The molecule has 0 radical (unpaired) electrons. The molecule has 154 valence electrons. The number of fused-ring (bicyclic) bond motifs is 1. The van der Waals surface area contributed by atoms with Gasteiger partial charge in [-0.05, 0) is 79.3 Å². The summed E-state index contributed by atoms with van der Waals surface area (Å²) in [4.78, 5) is 18.2. The smallest absolute Gasteiger partial charge is 0.198 e. The lowest BCUT2D eigenvalue weighted by Crippen LogP contribution is -2.08. The SMILES string of the molecule is CCC=NC(=S)Nc1ccc2nc(-c3ccc(O)cc3)c(-c3ccc(O)cc3)nc2n1. The van der Waals surface area contributed by atoms with E-state index >= 15 is 0 Å². The van der Waals surface area contributed by atoms with Crippen molar-refractivity contribution in [2.24, 2.45) is 4.99 Å². The van der Waals surface area contributed by atoms with Gasteiger partial charge in [0.25, 0.3) is 0 Å². The van der Waals surface area contributed by atoms with E-state index in [0.717, 1.165) is 17.5 Å². The quantitative estimate of drug-likeness (QED) is 0.311. The highest BCUT2D eigenvalue weighted by Crippen LogP contribution is 2.32. The molecule has 8 heteroatoms. The van der Waals surface area contributed by atoms with Gasteiger partial charge in [-0.15, -0.1) is 0 Å². The number of thiocarbonyl (C=S) groups is 1. The maximum atomic E-state index is 9.67. The van der Waals surface area contributed by atoms with Crippen molar-refractivity contribution in [3.05, 3.63) is 60.7 Å². The maximum absolute atomic E-state index is 9.67. The molecule has 2 heterocycles. The van der Waals surface area contributed by atoms with Crippen molar-refractivity contribution in [2.45, 2.75) is 13.3 Å². The fourth-order valence-electron chi connectivity index (χ4n) is 2.97. The molecular weight excluding hydrogens is 410 g/mol. The van der Waals surface area contributed by atoms with Gasteiger partial charge in [0.1, 0.15) is 22.8 Å². The van der Waals surface area contributed by atoms with Gasteiger partial charge in [-0.25, -0.2) is 19.9 Å². The van der Waals surface area contributed by atoms with Gasteiger partial charge < -0.3 is 15.5 Å². The Labute approximate surface area is 184 Å². The number of nitrogens with one attached hydrogen (secondary N) is 1. The summed E-state index contributed by atoms with van der Waals surface area (Å²) in [5.74, 6) is 0.853. The summed E-state index contributed by atoms with van der Waals surface area (Å²) >= 11 is 5.20. The van der Waals surface area contributed by atoms with Gasteiger partial charge in [0, 0.05) is 17.3 Å². The number of anilines is 1. The molecule has 0 saturated heterocycles. The third-order valence-electron chi connectivity index (χ3n) is 4.44. The van der Waals surface area contributed by atoms with E-state index in [-0.39, 0.29) is 11.5 Å². The zero-order valence-electron chi connectivity index (χ0n) is 16.6. The van der Waals surface area contributed by atoms with E-state index in [1.165, 1.54) is 0 Å². The first-order valence-electron chi connectivity index (χ1n) is 9.64. The Kier molecular flexibility index (Phi) is 5.81. The number of rotatable bonds is 4. The average Bonchev–Trinajstić information content (AvgIpc) is 2.78. The van der Waals surface area contributed by atoms with Crippen molar-refractivity contribution in [2.75, 3.05) is 5.32 Å². The Morgan fingerprint density at radius 2 is 1.45 bits per heavy atom. The van der Waals surface area contributed by atoms with E-state index in [1.807, 2.05) is 13.0 Å². The van der Waals surface area contributed by atoms with E-state index < -0.39 is 0 Å². The number of hydrogen-bond donors (Lipinski definition) is 3. The number of aliphatic imine (C=N–C) groups is 1. The second-order valence-corrected chi connectivity index (χ2v) is 7.09. The highest BCUT2D eigenvalue weighted by Gasteiger charge is 2.15. The first-order valence-corrected chi connectivity index (χ1v) is 10.1. The van der Waals surface area contributed by atoms with Crippen LogP contribution in [0.2, 0.25) is 0 Å². The predicted octanol–water partition coefficient (Wildman–Crippen LogP) is 4.95. The zero-order chi connectivity index (χ0) is 21.8. The number of phenolic OH excluding ortho intramolecular Hbond substituents is 2. The van der Waals surface area contributed by atoms with E-state index in [2.05, 4.69) is 15.3 Å². The van der Waals surface area contributed by atoms with Crippen molar-refractivity contribution in [3.8, 4) is 34.0 Å². The standard InChI is InChI=1S/C23H19N5O2S/c1-2-13-24-23(31)27-19-12-11-18-22(26-19)28-21(15-5-9-17(30)10-6-15)20(25-18)14-3-7-16(29)8-4-14/h3-13,29-30H,2H2,1H3,(H,26,27,28,31). The highest BCUT2D eigenvalue weighted by atomic mass is 32.1. The van der Waals surface area contributed by atoms with Crippen LogP contribution in [-0.2, 0) is 0 Å². The van der Waals surface area contributed by atoms with Crippen molar-refractivity contribution >= 4 is 40.5 Å². The van der Waals surface area contributed by atoms with Gasteiger partial charge in [0.2, 0.25) is 0 Å². The van der Waals surface area contributed by atoms with Crippen LogP contribution < -0.4 is 5.32 Å². The third kappa shape index (κ3) is 4.65. The van der Waals surface area contributed by atoms with Crippen molar-refractivity contribution in [1.82, 2.24) is 15.0 Å². The molecule has 0 aliphatic rings. The topological polar surface area (TPSA) is 104 Å². The summed E-state index contributed by atoms with van der Waals surface area (Å²) in [5.41, 5.74) is 3.88. The van der Waals surface area contributed by atoms with Crippen LogP contribution in [0.5, 0.6) is 11.5 Å². The number of aromatic hydroxyl groups is 2. The number of nitrogens with zero attached hydrogens (tertiary/aromatic N) is 4. The molecule has 4 aromatic rings. The second-order valence-electron chi connectivity index (χ2n) is 6.70. The first-order chi connectivity index (χ1) is 15.0. The largest absolute Gasteiger partial charge is 0.508 e. The molecule has 0 fully saturated rings. The van der Waals surface area contributed by atoms with Gasteiger partial charge >= 0.3 is 0 Å². The molecule has 0 saturated carbocycles. The molecule has 0 amide bonds. The van der Waals surface area contributed by atoms with Crippen molar-refractivity contribution < 1.29 is 10.2 Å². The molecule has 0 unspecified atom stereocenters. The number of phenols is 2. The number of hydrogen-bond acceptors (Lipinski definition) is 6. The monoisotopic (exact) mass is 429 g/mol. The normalized spacial score (nSPS) is 11.1. The van der Waals surface area contributed by atoms with Crippen LogP contribution in [0.15, 0.2) is 65.7 Å². The number of pyridine rings is 1. The lowest BCUT2D eigenvalue weighted by atomic mass is 10.0. The molecule has 0 aliphatic heterocycles. The Balaban J connectivity index is 1.84. The summed E-state index contributed by atoms with van der Waals surface area (Å²) in [6.45, 7) is 1.98. The lowest BCUT2D eigenvalue weighted by Gasteiger charge is -2.11. The Bertz CT molecular complexity index is 1270. The van der Waals surface area contributed by atoms with Crippen molar-refractivity contribution in [1.29, 1.82) is 0 Å². The van der Waals surface area contributed by atoms with Gasteiger partial charge in [0.15, 0.2) is 10.8 Å². The maximum Gasteiger partial charge on any atom is 0.198 e. The van der Waals surface area contributed by atoms with Crippen LogP contribution in [0.4, 0.5) is 5.82 Å². The fourth-order valence-corrected chi connectivity index (χ4v) is 3.15. The highest BCUT2D eigenvalue weighted by molar-refractivity contribution is 7.80. The Hall–Kier alpha value is -3.91. The minimum atomic E-state index is 0.162. The average molecular weight is 430 g/mol. The fraction of sp³-hybridized carbons (Fsp3) is 0.0870. The molecule has 0 atom stereocenters. The van der Waals surface area contributed by atoms with Gasteiger partial charge in [-0.2, -0.15) is 0 Å². The Morgan fingerprint density at radius 3 is 2.03 bits per heavy atom. The molecule has 0 aliphatic carbocycles. The summed E-state index contributed by atoms with van der Waals surface area (Å²) in [6.07, 6.45) is 2.51. The second kappa shape index (κ2) is 8.85.